The molecule has 3 nitrogen and oxygen atoms in total. The summed E-state index contributed by atoms with van der Waals surface area (Å²) in [5.74, 6) is 1.60. The van der Waals surface area contributed by atoms with Crippen molar-refractivity contribution in [1.29, 1.82) is 0 Å². The summed E-state index contributed by atoms with van der Waals surface area (Å²) in [4.78, 5) is 2.45. The maximum atomic E-state index is 5.19. The largest absolute Gasteiger partial charge is 0.497 e. The smallest absolute Gasteiger partial charge is 0.119 e. The fourth-order valence-corrected chi connectivity index (χ4v) is 2.32. The molecule has 3 heteroatoms. The molecule has 0 radical (unpaired) electrons. The maximum absolute atomic E-state index is 5.19. The minimum atomic E-state index is 0.544. The van der Waals surface area contributed by atoms with Gasteiger partial charge in [0.25, 0.3) is 0 Å². The second kappa shape index (κ2) is 5.41. The van der Waals surface area contributed by atoms with E-state index in [1.807, 2.05) is 12.1 Å². The van der Waals surface area contributed by atoms with E-state index in [0.29, 0.717) is 12.0 Å². The minimum Gasteiger partial charge on any atom is -0.497 e. The summed E-state index contributed by atoms with van der Waals surface area (Å²) >= 11 is 0. The fourth-order valence-electron chi connectivity index (χ4n) is 2.32. The molecule has 0 bridgehead atoms. The van der Waals surface area contributed by atoms with Crippen molar-refractivity contribution in [1.82, 2.24) is 5.32 Å². The van der Waals surface area contributed by atoms with Gasteiger partial charge in [-0.1, -0.05) is 6.92 Å². The quantitative estimate of drug-likeness (QED) is 0.848. The molecule has 0 aliphatic carbocycles. The Hall–Kier alpha value is -1.22. The van der Waals surface area contributed by atoms with Crippen molar-refractivity contribution in [3.8, 4) is 5.75 Å². The van der Waals surface area contributed by atoms with Crippen molar-refractivity contribution in [2.45, 2.75) is 19.9 Å². The number of hydrogen-bond acceptors (Lipinski definition) is 3. The van der Waals surface area contributed by atoms with Crippen LogP contribution in [0.25, 0.3) is 0 Å². The van der Waals surface area contributed by atoms with Crippen molar-refractivity contribution in [3.05, 3.63) is 24.3 Å². The molecule has 94 valence electrons. The summed E-state index contributed by atoms with van der Waals surface area (Å²) < 4.78 is 5.19. The van der Waals surface area contributed by atoms with Gasteiger partial charge in [0, 0.05) is 24.8 Å². The molecular formula is C14H22N2O. The Balaban J connectivity index is 2.12. The molecular weight excluding hydrogens is 212 g/mol. The van der Waals surface area contributed by atoms with Crippen LogP contribution < -0.4 is 15.0 Å². The Kier molecular flexibility index (Phi) is 3.89. The van der Waals surface area contributed by atoms with Crippen LogP contribution in [0.4, 0.5) is 5.69 Å². The Bertz CT molecular complexity index is 338. The van der Waals surface area contributed by atoms with Gasteiger partial charge in [-0.05, 0) is 43.7 Å². The van der Waals surface area contributed by atoms with Crippen LogP contribution in [0.3, 0.4) is 0 Å². The standard InChI is InChI=1S/C14H22N2O/c1-11-8-15-12(2)10-16(9-11)13-4-6-14(17-3)7-5-13/h4-7,11-12,15H,8-10H2,1-3H3. The van der Waals surface area contributed by atoms with Gasteiger partial charge in [-0.15, -0.1) is 0 Å². The summed E-state index contributed by atoms with van der Waals surface area (Å²) in [6.45, 7) is 7.82. The third-order valence-electron chi connectivity index (χ3n) is 3.28. The molecule has 17 heavy (non-hydrogen) atoms. The van der Waals surface area contributed by atoms with Crippen molar-refractivity contribution in [3.63, 3.8) is 0 Å². The molecule has 1 aliphatic rings. The molecule has 1 saturated heterocycles. The molecule has 1 heterocycles. The lowest BCUT2D eigenvalue weighted by molar-refractivity contribution is 0.415. The number of hydrogen-bond donors (Lipinski definition) is 1. The number of nitrogens with zero attached hydrogens (tertiary/aromatic N) is 1. The van der Waals surface area contributed by atoms with Crippen LogP contribution >= 0.6 is 0 Å². The van der Waals surface area contributed by atoms with Gasteiger partial charge in [0.05, 0.1) is 7.11 Å². The van der Waals surface area contributed by atoms with Crippen molar-refractivity contribution >= 4 is 5.69 Å². The van der Waals surface area contributed by atoms with E-state index in [9.17, 15) is 0 Å². The Morgan fingerprint density at radius 1 is 1.18 bits per heavy atom. The Morgan fingerprint density at radius 3 is 2.53 bits per heavy atom. The van der Waals surface area contributed by atoms with Crippen LogP contribution in [-0.2, 0) is 0 Å². The third kappa shape index (κ3) is 3.13. The van der Waals surface area contributed by atoms with Gasteiger partial charge in [0.15, 0.2) is 0 Å². The highest BCUT2D eigenvalue weighted by atomic mass is 16.5. The minimum absolute atomic E-state index is 0.544. The molecule has 0 saturated carbocycles. The van der Waals surface area contributed by atoms with Gasteiger partial charge in [0.1, 0.15) is 5.75 Å². The first-order chi connectivity index (χ1) is 8.19. The lowest BCUT2D eigenvalue weighted by Crippen LogP contribution is -2.35. The third-order valence-corrected chi connectivity index (χ3v) is 3.28. The first-order valence-electron chi connectivity index (χ1n) is 6.31. The van der Waals surface area contributed by atoms with Crippen LogP contribution in [0, 0.1) is 5.92 Å². The first kappa shape index (κ1) is 12.2. The molecule has 1 N–H and O–H groups in total. The van der Waals surface area contributed by atoms with Crippen molar-refractivity contribution in [2.75, 3.05) is 31.6 Å². The monoisotopic (exact) mass is 234 g/mol. The molecule has 0 spiro atoms. The molecule has 1 aromatic carbocycles. The average Bonchev–Trinajstić information content (AvgIpc) is 2.51. The summed E-state index contributed by atoms with van der Waals surface area (Å²) in [6.07, 6.45) is 0. The highest BCUT2D eigenvalue weighted by Gasteiger charge is 2.18. The number of rotatable bonds is 2. The van der Waals surface area contributed by atoms with Gasteiger partial charge in [-0.3, -0.25) is 0 Å². The topological polar surface area (TPSA) is 24.5 Å². The number of nitrogens with one attached hydrogen (secondary N) is 1. The van der Waals surface area contributed by atoms with Gasteiger partial charge in [-0.25, -0.2) is 0 Å². The molecule has 1 fully saturated rings. The second-order valence-electron chi connectivity index (χ2n) is 5.02. The van der Waals surface area contributed by atoms with Crippen molar-refractivity contribution < 1.29 is 4.74 Å². The van der Waals surface area contributed by atoms with Gasteiger partial charge < -0.3 is 15.0 Å². The van der Waals surface area contributed by atoms with Crippen LogP contribution in [0.15, 0.2) is 24.3 Å². The van der Waals surface area contributed by atoms with Crippen LogP contribution in [0.2, 0.25) is 0 Å². The van der Waals surface area contributed by atoms with Crippen molar-refractivity contribution in [2.24, 2.45) is 5.92 Å². The van der Waals surface area contributed by atoms with Crippen LogP contribution in [0.1, 0.15) is 13.8 Å². The highest BCUT2D eigenvalue weighted by Crippen LogP contribution is 2.21. The summed E-state index contributed by atoms with van der Waals surface area (Å²) in [7, 11) is 1.70. The maximum Gasteiger partial charge on any atom is 0.119 e. The molecule has 0 aromatic heterocycles. The molecule has 0 amide bonds. The first-order valence-corrected chi connectivity index (χ1v) is 6.31. The molecule has 1 aliphatic heterocycles. The zero-order valence-corrected chi connectivity index (χ0v) is 10.9. The van der Waals surface area contributed by atoms with E-state index in [1.165, 1.54) is 5.69 Å². The van der Waals surface area contributed by atoms with E-state index in [1.54, 1.807) is 7.11 Å². The summed E-state index contributed by atoms with van der Waals surface area (Å²) in [5.41, 5.74) is 1.29. The molecule has 1 aromatic rings. The van der Waals surface area contributed by atoms with E-state index in [4.69, 9.17) is 4.74 Å². The van der Waals surface area contributed by atoms with Crippen LogP contribution in [-0.4, -0.2) is 32.8 Å². The normalized spacial score (nSPS) is 25.5. The number of ether oxygens (including phenoxy) is 1. The van der Waals surface area contributed by atoms with Gasteiger partial charge in [-0.2, -0.15) is 0 Å². The second-order valence-corrected chi connectivity index (χ2v) is 5.02. The zero-order valence-electron chi connectivity index (χ0n) is 10.9. The predicted molar refractivity (Wildman–Crippen MR) is 71.8 cm³/mol. The lowest BCUT2D eigenvalue weighted by atomic mass is 10.1. The number of benzene rings is 1. The van der Waals surface area contributed by atoms with E-state index < -0.39 is 0 Å². The van der Waals surface area contributed by atoms with E-state index in [0.717, 1.165) is 25.4 Å². The van der Waals surface area contributed by atoms with E-state index in [2.05, 4.69) is 36.2 Å². The lowest BCUT2D eigenvalue weighted by Gasteiger charge is -2.26. The van der Waals surface area contributed by atoms with Gasteiger partial charge in [0.2, 0.25) is 0 Å². The fraction of sp³-hybridized carbons (Fsp3) is 0.571. The number of anilines is 1. The molecule has 2 atom stereocenters. The SMILES string of the molecule is COc1ccc(N2CC(C)CNC(C)C2)cc1. The van der Waals surface area contributed by atoms with Crippen LogP contribution in [0.5, 0.6) is 5.75 Å². The predicted octanol–water partition coefficient (Wildman–Crippen LogP) is 2.13. The summed E-state index contributed by atoms with van der Waals surface area (Å²) in [6, 6.07) is 8.89. The summed E-state index contributed by atoms with van der Waals surface area (Å²) in [5, 5.41) is 3.55. The van der Waals surface area contributed by atoms with E-state index in [-0.39, 0.29) is 0 Å². The molecule has 2 unspecified atom stereocenters. The average molecular weight is 234 g/mol. The Labute approximate surface area is 104 Å². The number of methoxy groups -OCH3 is 1. The van der Waals surface area contributed by atoms with E-state index >= 15 is 0 Å². The zero-order chi connectivity index (χ0) is 12.3. The molecule has 2 rings (SSSR count). The van der Waals surface area contributed by atoms with Gasteiger partial charge >= 0.3 is 0 Å². The highest BCUT2D eigenvalue weighted by molar-refractivity contribution is 5.49. The Morgan fingerprint density at radius 2 is 1.88 bits per heavy atom.